The van der Waals surface area contributed by atoms with Crippen molar-refractivity contribution < 1.29 is 14.3 Å². The Balaban J connectivity index is 0.00000676. The van der Waals surface area contributed by atoms with Crippen LogP contribution < -0.4 is 15.4 Å². The quantitative estimate of drug-likeness (QED) is 0.227. The van der Waals surface area contributed by atoms with E-state index in [9.17, 15) is 4.79 Å². The summed E-state index contributed by atoms with van der Waals surface area (Å²) in [6.07, 6.45) is 0.421. The molecule has 0 spiro atoms. The molecule has 0 radical (unpaired) electrons. The van der Waals surface area contributed by atoms with Gasteiger partial charge in [-0.05, 0) is 25.5 Å². The van der Waals surface area contributed by atoms with Gasteiger partial charge in [0, 0.05) is 52.8 Å². The predicted octanol–water partition coefficient (Wildman–Crippen LogP) is 2.17. The number of amides is 1. The van der Waals surface area contributed by atoms with Crippen molar-refractivity contribution in [2.75, 3.05) is 47.5 Å². The van der Waals surface area contributed by atoms with E-state index in [2.05, 4.69) is 21.7 Å². The number of hydrogen-bond donors (Lipinski definition) is 2. The first kappa shape index (κ1) is 25.4. The van der Waals surface area contributed by atoms with E-state index < -0.39 is 0 Å². The number of aliphatic imine (C=N–C) groups is 1. The van der Waals surface area contributed by atoms with Crippen LogP contribution in [0.4, 0.5) is 0 Å². The number of carbonyl (C=O) groups is 1. The van der Waals surface area contributed by atoms with Crippen LogP contribution in [-0.4, -0.2) is 64.3 Å². The first-order chi connectivity index (χ1) is 12.5. The van der Waals surface area contributed by atoms with E-state index in [0.29, 0.717) is 45.3 Å². The third-order valence-corrected chi connectivity index (χ3v) is 3.71. The number of rotatable bonds is 10. The van der Waals surface area contributed by atoms with E-state index in [1.165, 1.54) is 0 Å². The molecule has 1 aromatic carbocycles. The third-order valence-electron chi connectivity index (χ3n) is 3.71. The summed E-state index contributed by atoms with van der Waals surface area (Å²) >= 11 is 0. The van der Waals surface area contributed by atoms with Crippen molar-refractivity contribution in [2.24, 2.45) is 4.99 Å². The topological polar surface area (TPSA) is 75.2 Å². The lowest BCUT2D eigenvalue weighted by Crippen LogP contribution is -2.38. The van der Waals surface area contributed by atoms with Gasteiger partial charge in [-0.3, -0.25) is 9.79 Å². The first-order valence-electron chi connectivity index (χ1n) is 8.92. The number of halogens is 1. The van der Waals surface area contributed by atoms with Crippen LogP contribution in [0, 0.1) is 6.92 Å². The molecule has 0 aliphatic heterocycles. The highest BCUT2D eigenvalue weighted by Gasteiger charge is 2.07. The van der Waals surface area contributed by atoms with Gasteiger partial charge < -0.3 is 25.0 Å². The largest absolute Gasteiger partial charge is 0.491 e. The summed E-state index contributed by atoms with van der Waals surface area (Å²) in [6, 6.07) is 6.12. The standard InChI is InChI=1S/C19H32N4O3.HI/c1-6-25-11-12-26-17-13-15(2)7-8-16(17)14-22-19(20-3)21-10-9-18(24)23(4)5;/h7-8,13H,6,9-12,14H2,1-5H3,(H2,20,21,22);1H. The molecule has 7 nitrogen and oxygen atoms in total. The molecule has 1 rings (SSSR count). The number of nitrogens with one attached hydrogen (secondary N) is 2. The Morgan fingerprint density at radius 3 is 2.59 bits per heavy atom. The molecule has 8 heteroatoms. The lowest BCUT2D eigenvalue weighted by molar-refractivity contribution is -0.128. The summed E-state index contributed by atoms with van der Waals surface area (Å²) in [5, 5.41) is 6.40. The Bertz CT molecular complexity index is 594. The van der Waals surface area contributed by atoms with Gasteiger partial charge in [0.15, 0.2) is 5.96 Å². The molecule has 0 bridgehead atoms. The summed E-state index contributed by atoms with van der Waals surface area (Å²) < 4.78 is 11.2. The Morgan fingerprint density at radius 1 is 1.22 bits per heavy atom. The zero-order valence-electron chi connectivity index (χ0n) is 17.0. The molecular weight excluding hydrogens is 459 g/mol. The number of benzene rings is 1. The second-order valence-corrected chi connectivity index (χ2v) is 6.05. The molecule has 27 heavy (non-hydrogen) atoms. The van der Waals surface area contributed by atoms with Gasteiger partial charge in [0.25, 0.3) is 0 Å². The molecule has 0 aromatic heterocycles. The van der Waals surface area contributed by atoms with Crippen LogP contribution in [0.15, 0.2) is 23.2 Å². The maximum absolute atomic E-state index is 11.6. The highest BCUT2D eigenvalue weighted by atomic mass is 127. The summed E-state index contributed by atoms with van der Waals surface area (Å²) in [4.78, 5) is 17.4. The van der Waals surface area contributed by atoms with Gasteiger partial charge in [0.1, 0.15) is 12.4 Å². The van der Waals surface area contributed by atoms with Gasteiger partial charge in [-0.25, -0.2) is 0 Å². The first-order valence-corrected chi connectivity index (χ1v) is 8.92. The van der Waals surface area contributed by atoms with Gasteiger partial charge in [0.2, 0.25) is 5.91 Å². The molecule has 1 amide bonds. The fourth-order valence-electron chi connectivity index (χ4n) is 2.21. The number of nitrogens with zero attached hydrogens (tertiary/aromatic N) is 2. The van der Waals surface area contributed by atoms with Crippen LogP contribution in [0.1, 0.15) is 24.5 Å². The minimum atomic E-state index is 0. The Kier molecular flexibility index (Phi) is 13.7. The van der Waals surface area contributed by atoms with Gasteiger partial charge in [-0.15, -0.1) is 24.0 Å². The molecule has 0 fully saturated rings. The SMILES string of the molecule is CCOCCOc1cc(C)ccc1CNC(=NC)NCCC(=O)N(C)C.I. The lowest BCUT2D eigenvalue weighted by Gasteiger charge is -2.16. The van der Waals surface area contributed by atoms with Crippen LogP contribution in [0.25, 0.3) is 0 Å². The van der Waals surface area contributed by atoms with Crippen LogP contribution >= 0.6 is 24.0 Å². The zero-order valence-corrected chi connectivity index (χ0v) is 19.3. The van der Waals surface area contributed by atoms with Crippen molar-refractivity contribution in [3.05, 3.63) is 29.3 Å². The van der Waals surface area contributed by atoms with E-state index in [-0.39, 0.29) is 29.9 Å². The monoisotopic (exact) mass is 492 g/mol. The maximum atomic E-state index is 11.6. The van der Waals surface area contributed by atoms with Gasteiger partial charge in [0.05, 0.1) is 6.61 Å². The van der Waals surface area contributed by atoms with Crippen molar-refractivity contribution in [2.45, 2.75) is 26.8 Å². The third kappa shape index (κ3) is 10.4. The fraction of sp³-hybridized carbons (Fsp3) is 0.579. The van der Waals surface area contributed by atoms with Crippen LogP contribution in [0.2, 0.25) is 0 Å². The molecule has 2 N–H and O–H groups in total. The van der Waals surface area contributed by atoms with Crippen molar-refractivity contribution >= 4 is 35.8 Å². The van der Waals surface area contributed by atoms with E-state index in [4.69, 9.17) is 9.47 Å². The summed E-state index contributed by atoms with van der Waals surface area (Å²) in [6.45, 7) is 6.88. The maximum Gasteiger partial charge on any atom is 0.223 e. The van der Waals surface area contributed by atoms with Crippen molar-refractivity contribution in [1.82, 2.24) is 15.5 Å². The summed E-state index contributed by atoms with van der Waals surface area (Å²) in [5.41, 5.74) is 2.18. The molecule has 0 atom stereocenters. The fourth-order valence-corrected chi connectivity index (χ4v) is 2.21. The van der Waals surface area contributed by atoms with Gasteiger partial charge in [-0.1, -0.05) is 12.1 Å². The Hall–Kier alpha value is -1.55. The number of hydrogen-bond acceptors (Lipinski definition) is 4. The van der Waals surface area contributed by atoms with Gasteiger partial charge >= 0.3 is 0 Å². The molecule has 0 heterocycles. The molecule has 1 aromatic rings. The highest BCUT2D eigenvalue weighted by molar-refractivity contribution is 14.0. The summed E-state index contributed by atoms with van der Waals surface area (Å²) in [5.74, 6) is 1.57. The van der Waals surface area contributed by atoms with Crippen LogP contribution in [0.5, 0.6) is 5.75 Å². The molecule has 0 aliphatic carbocycles. The molecular formula is C19H33IN4O3. The zero-order chi connectivity index (χ0) is 19.4. The number of guanidine groups is 1. The summed E-state index contributed by atoms with van der Waals surface area (Å²) in [7, 11) is 5.21. The average Bonchev–Trinajstić information content (AvgIpc) is 2.62. The predicted molar refractivity (Wildman–Crippen MR) is 120 cm³/mol. The van der Waals surface area contributed by atoms with E-state index in [1.54, 1.807) is 26.0 Å². The molecule has 0 saturated carbocycles. The van der Waals surface area contributed by atoms with E-state index >= 15 is 0 Å². The number of ether oxygens (including phenoxy) is 2. The molecule has 0 saturated heterocycles. The minimum absolute atomic E-state index is 0. The Labute approximate surface area is 179 Å². The second-order valence-electron chi connectivity index (χ2n) is 6.05. The van der Waals surface area contributed by atoms with E-state index in [1.807, 2.05) is 26.0 Å². The minimum Gasteiger partial charge on any atom is -0.491 e. The molecule has 0 aliphatic rings. The van der Waals surface area contributed by atoms with E-state index in [0.717, 1.165) is 16.9 Å². The Morgan fingerprint density at radius 2 is 1.96 bits per heavy atom. The number of aryl methyl sites for hydroxylation is 1. The van der Waals surface area contributed by atoms with Crippen molar-refractivity contribution in [3.63, 3.8) is 0 Å². The molecule has 154 valence electrons. The second kappa shape index (κ2) is 14.5. The number of carbonyl (C=O) groups excluding carboxylic acids is 1. The van der Waals surface area contributed by atoms with Crippen LogP contribution in [-0.2, 0) is 16.1 Å². The molecule has 0 unspecified atom stereocenters. The van der Waals surface area contributed by atoms with Crippen molar-refractivity contribution in [3.8, 4) is 5.75 Å². The van der Waals surface area contributed by atoms with Crippen molar-refractivity contribution in [1.29, 1.82) is 0 Å². The lowest BCUT2D eigenvalue weighted by atomic mass is 10.1. The average molecular weight is 492 g/mol. The highest BCUT2D eigenvalue weighted by Crippen LogP contribution is 2.20. The van der Waals surface area contributed by atoms with Crippen LogP contribution in [0.3, 0.4) is 0 Å². The smallest absolute Gasteiger partial charge is 0.223 e. The normalized spacial score (nSPS) is 10.8. The van der Waals surface area contributed by atoms with Gasteiger partial charge in [-0.2, -0.15) is 0 Å².